The van der Waals surface area contributed by atoms with Gasteiger partial charge in [0.2, 0.25) is 5.91 Å². The average molecular weight is 547 g/mol. The van der Waals surface area contributed by atoms with Crippen molar-refractivity contribution in [3.8, 4) is 0 Å². The number of carbonyl (C=O) groups is 1. The number of hydrogen-bond acceptors (Lipinski definition) is 3. The van der Waals surface area contributed by atoms with E-state index >= 15 is 0 Å². The highest BCUT2D eigenvalue weighted by Gasteiger charge is 2.20. The third kappa shape index (κ3) is 8.51. The summed E-state index contributed by atoms with van der Waals surface area (Å²) in [7, 11) is 0. The predicted molar refractivity (Wildman–Crippen MR) is 134 cm³/mol. The van der Waals surface area contributed by atoms with Crippen molar-refractivity contribution in [2.24, 2.45) is 10.4 Å². The highest BCUT2D eigenvalue weighted by atomic mass is 127. The second-order valence-corrected chi connectivity index (χ2v) is 8.14. The number of benzene rings is 1. The summed E-state index contributed by atoms with van der Waals surface area (Å²) in [5.74, 6) is 0.728. The smallest absolute Gasteiger partial charge is 0.225 e. The lowest BCUT2D eigenvalue weighted by Crippen LogP contribution is -2.43. The van der Waals surface area contributed by atoms with Crippen LogP contribution < -0.4 is 16.0 Å². The molecule has 166 valence electrons. The standard InChI is InChI=1S/C21H31ClN6O.HI/c1-5-23-20(25-13-12-24-19(29)21(2,3)4)26-15-18(28-14-6-11-27-28)16-7-9-17(22)10-8-16;/h6-11,14,18H,5,12-13,15H2,1-4H3,(H,24,29)(H2,23,25,26);1H. The van der Waals surface area contributed by atoms with E-state index in [1.807, 2.05) is 68.9 Å². The molecule has 1 atom stereocenters. The van der Waals surface area contributed by atoms with Crippen LogP contribution in [0.3, 0.4) is 0 Å². The number of nitrogens with one attached hydrogen (secondary N) is 3. The van der Waals surface area contributed by atoms with Gasteiger partial charge in [-0.05, 0) is 30.7 Å². The molecule has 0 bridgehead atoms. The fraction of sp³-hybridized carbons (Fsp3) is 0.476. The van der Waals surface area contributed by atoms with Gasteiger partial charge >= 0.3 is 0 Å². The van der Waals surface area contributed by atoms with Crippen LogP contribution in [0.4, 0.5) is 0 Å². The minimum Gasteiger partial charge on any atom is -0.357 e. The summed E-state index contributed by atoms with van der Waals surface area (Å²) in [4.78, 5) is 16.7. The first-order valence-electron chi connectivity index (χ1n) is 9.86. The molecule has 0 spiro atoms. The summed E-state index contributed by atoms with van der Waals surface area (Å²) in [6.07, 6.45) is 3.69. The molecule has 2 rings (SSSR count). The van der Waals surface area contributed by atoms with Gasteiger partial charge in [-0.3, -0.25) is 14.5 Å². The molecule has 0 radical (unpaired) electrons. The zero-order valence-electron chi connectivity index (χ0n) is 18.0. The van der Waals surface area contributed by atoms with Gasteiger partial charge in [0.15, 0.2) is 5.96 Å². The first-order chi connectivity index (χ1) is 13.8. The van der Waals surface area contributed by atoms with E-state index in [-0.39, 0.29) is 35.9 Å². The Morgan fingerprint density at radius 3 is 2.40 bits per heavy atom. The number of hydrogen-bond donors (Lipinski definition) is 3. The Hall–Kier alpha value is -1.81. The van der Waals surface area contributed by atoms with Gasteiger partial charge in [-0.1, -0.05) is 44.5 Å². The molecule has 3 N–H and O–H groups in total. The highest BCUT2D eigenvalue weighted by Crippen LogP contribution is 2.20. The Morgan fingerprint density at radius 1 is 1.17 bits per heavy atom. The molecular formula is C21H32ClIN6O. The quantitative estimate of drug-likeness (QED) is 0.205. The molecule has 30 heavy (non-hydrogen) atoms. The van der Waals surface area contributed by atoms with Crippen molar-refractivity contribution in [1.29, 1.82) is 0 Å². The number of aliphatic imine (C=N–C) groups is 1. The van der Waals surface area contributed by atoms with E-state index in [0.29, 0.717) is 30.6 Å². The van der Waals surface area contributed by atoms with E-state index in [1.54, 1.807) is 6.20 Å². The van der Waals surface area contributed by atoms with Gasteiger partial charge in [0.25, 0.3) is 0 Å². The van der Waals surface area contributed by atoms with E-state index in [1.165, 1.54) is 0 Å². The first kappa shape index (κ1) is 26.2. The van der Waals surface area contributed by atoms with Crippen LogP contribution in [0, 0.1) is 5.41 Å². The SMILES string of the molecule is CCNC(=NCC(c1ccc(Cl)cc1)n1cccn1)NCCNC(=O)C(C)(C)C.I. The molecular weight excluding hydrogens is 515 g/mol. The molecule has 0 saturated heterocycles. The monoisotopic (exact) mass is 546 g/mol. The fourth-order valence-corrected chi connectivity index (χ4v) is 2.76. The van der Waals surface area contributed by atoms with Gasteiger partial charge in [-0.25, -0.2) is 0 Å². The van der Waals surface area contributed by atoms with Crippen molar-refractivity contribution in [2.75, 3.05) is 26.2 Å². The second kappa shape index (κ2) is 12.8. The number of halogens is 2. The largest absolute Gasteiger partial charge is 0.357 e. The van der Waals surface area contributed by atoms with Crippen LogP contribution in [-0.4, -0.2) is 47.8 Å². The molecule has 1 amide bonds. The van der Waals surface area contributed by atoms with E-state index in [2.05, 4.69) is 21.0 Å². The van der Waals surface area contributed by atoms with E-state index in [4.69, 9.17) is 16.6 Å². The lowest BCUT2D eigenvalue weighted by atomic mass is 9.96. The van der Waals surface area contributed by atoms with Crippen molar-refractivity contribution < 1.29 is 4.79 Å². The van der Waals surface area contributed by atoms with E-state index in [0.717, 1.165) is 12.1 Å². The molecule has 0 aliphatic rings. The van der Waals surface area contributed by atoms with Gasteiger partial charge in [-0.2, -0.15) is 5.10 Å². The fourth-order valence-electron chi connectivity index (χ4n) is 2.63. The normalized spacial score (nSPS) is 12.6. The zero-order chi connectivity index (χ0) is 21.3. The van der Waals surface area contributed by atoms with Crippen LogP contribution in [0.15, 0.2) is 47.7 Å². The first-order valence-corrected chi connectivity index (χ1v) is 10.2. The summed E-state index contributed by atoms with van der Waals surface area (Å²) < 4.78 is 1.89. The number of nitrogens with zero attached hydrogens (tertiary/aromatic N) is 3. The molecule has 0 saturated carbocycles. The van der Waals surface area contributed by atoms with Crippen molar-refractivity contribution in [1.82, 2.24) is 25.7 Å². The van der Waals surface area contributed by atoms with Crippen molar-refractivity contribution >= 4 is 47.4 Å². The third-order valence-corrected chi connectivity index (χ3v) is 4.50. The summed E-state index contributed by atoms with van der Waals surface area (Å²) in [5, 5.41) is 14.5. The molecule has 1 aromatic carbocycles. The summed E-state index contributed by atoms with van der Waals surface area (Å²) in [6, 6.07) is 9.59. The maximum atomic E-state index is 12.0. The molecule has 9 heteroatoms. The predicted octanol–water partition coefficient (Wildman–Crippen LogP) is 3.46. The van der Waals surface area contributed by atoms with Crippen LogP contribution in [0.1, 0.15) is 39.3 Å². The second-order valence-electron chi connectivity index (χ2n) is 7.71. The minimum atomic E-state index is -0.395. The van der Waals surface area contributed by atoms with E-state index in [9.17, 15) is 4.79 Å². The third-order valence-electron chi connectivity index (χ3n) is 4.25. The van der Waals surface area contributed by atoms with Gasteiger partial charge in [-0.15, -0.1) is 24.0 Å². The van der Waals surface area contributed by atoms with Gasteiger partial charge in [0.05, 0.1) is 12.6 Å². The molecule has 1 unspecified atom stereocenters. The Morgan fingerprint density at radius 2 is 1.83 bits per heavy atom. The minimum absolute atomic E-state index is 0. The van der Waals surface area contributed by atoms with Crippen LogP contribution in [0.25, 0.3) is 0 Å². The number of carbonyl (C=O) groups excluding carboxylic acids is 1. The van der Waals surface area contributed by atoms with Crippen LogP contribution in [0.5, 0.6) is 0 Å². The van der Waals surface area contributed by atoms with Crippen molar-refractivity contribution in [3.63, 3.8) is 0 Å². The summed E-state index contributed by atoms with van der Waals surface area (Å²) in [5.41, 5.74) is 0.684. The molecule has 1 heterocycles. The maximum absolute atomic E-state index is 12.0. The molecule has 2 aromatic rings. The Labute approximate surface area is 201 Å². The highest BCUT2D eigenvalue weighted by molar-refractivity contribution is 14.0. The summed E-state index contributed by atoms with van der Waals surface area (Å²) in [6.45, 7) is 10.1. The number of rotatable bonds is 8. The zero-order valence-corrected chi connectivity index (χ0v) is 21.1. The van der Waals surface area contributed by atoms with Gasteiger partial charge in [0, 0.05) is 42.5 Å². The van der Waals surface area contributed by atoms with E-state index < -0.39 is 5.41 Å². The summed E-state index contributed by atoms with van der Waals surface area (Å²) >= 11 is 6.03. The lowest BCUT2D eigenvalue weighted by Gasteiger charge is -2.19. The van der Waals surface area contributed by atoms with Crippen molar-refractivity contribution in [2.45, 2.75) is 33.7 Å². The Kier molecular flexibility index (Phi) is 11.2. The molecule has 0 fully saturated rings. The van der Waals surface area contributed by atoms with Gasteiger partial charge in [0.1, 0.15) is 0 Å². The van der Waals surface area contributed by atoms with Gasteiger partial charge < -0.3 is 16.0 Å². The lowest BCUT2D eigenvalue weighted by molar-refractivity contribution is -0.128. The maximum Gasteiger partial charge on any atom is 0.225 e. The average Bonchev–Trinajstić information content (AvgIpc) is 3.20. The Balaban J connectivity index is 0.00000450. The molecule has 0 aliphatic carbocycles. The number of guanidine groups is 1. The van der Waals surface area contributed by atoms with Crippen LogP contribution in [0.2, 0.25) is 5.02 Å². The molecule has 7 nitrogen and oxygen atoms in total. The van der Waals surface area contributed by atoms with Crippen LogP contribution in [-0.2, 0) is 4.79 Å². The molecule has 0 aliphatic heterocycles. The number of aromatic nitrogens is 2. The van der Waals surface area contributed by atoms with Crippen molar-refractivity contribution in [3.05, 3.63) is 53.3 Å². The molecule has 1 aromatic heterocycles. The van der Waals surface area contributed by atoms with Crippen LogP contribution >= 0.6 is 35.6 Å². The number of amides is 1. The Bertz CT molecular complexity index is 787. The topological polar surface area (TPSA) is 83.3 Å².